The Morgan fingerprint density at radius 1 is 1.14 bits per heavy atom. The molecule has 0 bridgehead atoms. The summed E-state index contributed by atoms with van der Waals surface area (Å²) in [6.45, 7) is 14.3. The fraction of sp³-hybridized carbons (Fsp3) is 0.407. The second kappa shape index (κ2) is 9.99. The predicted molar refractivity (Wildman–Crippen MR) is 147 cm³/mol. The molecule has 0 fully saturated rings. The molecule has 1 aliphatic heterocycles. The number of nitrogens with two attached hydrogens (primary N) is 1. The van der Waals surface area contributed by atoms with Gasteiger partial charge in [-0.2, -0.15) is 0 Å². The summed E-state index contributed by atoms with van der Waals surface area (Å²) in [4.78, 5) is 22.0. The van der Waals surface area contributed by atoms with E-state index in [0.29, 0.717) is 30.7 Å². The Bertz CT molecular complexity index is 1420. The normalized spacial score (nSPS) is 13.7. The molecule has 9 heteroatoms. The first-order valence-corrected chi connectivity index (χ1v) is 13.3. The molecule has 4 aromatic rings. The summed E-state index contributed by atoms with van der Waals surface area (Å²) in [6, 6.07) is 6.43. The molecule has 0 amide bonds. The van der Waals surface area contributed by atoms with Crippen LogP contribution in [0, 0.1) is 13.8 Å². The van der Waals surface area contributed by atoms with Gasteiger partial charge >= 0.3 is 0 Å². The van der Waals surface area contributed by atoms with Crippen molar-refractivity contribution in [3.8, 4) is 16.9 Å². The Labute approximate surface area is 216 Å². The highest BCUT2D eigenvalue weighted by Crippen LogP contribution is 2.36. The number of hydrogen-bond donors (Lipinski definition) is 2. The third-order valence-corrected chi connectivity index (χ3v) is 7.30. The lowest BCUT2D eigenvalue weighted by Crippen LogP contribution is -2.29. The molecule has 0 saturated heterocycles. The lowest BCUT2D eigenvalue weighted by molar-refractivity contribution is 0.329. The van der Waals surface area contributed by atoms with E-state index in [9.17, 15) is 0 Å². The zero-order valence-corrected chi connectivity index (χ0v) is 22.4. The number of aromatic nitrogens is 4. The van der Waals surface area contributed by atoms with E-state index in [2.05, 4.69) is 73.0 Å². The second-order valence-electron chi connectivity index (χ2n) is 9.55. The van der Waals surface area contributed by atoms with Crippen molar-refractivity contribution in [2.75, 3.05) is 30.3 Å². The summed E-state index contributed by atoms with van der Waals surface area (Å²) in [5.41, 5.74) is 13.3. The molecule has 0 aliphatic carbocycles. The zero-order chi connectivity index (χ0) is 25.4. The topological polar surface area (TPSA) is 102 Å². The van der Waals surface area contributed by atoms with E-state index < -0.39 is 0 Å². The average Bonchev–Trinajstić information content (AvgIpc) is 3.07. The van der Waals surface area contributed by atoms with Crippen LogP contribution in [0.4, 0.5) is 10.9 Å². The van der Waals surface area contributed by atoms with Crippen molar-refractivity contribution in [3.05, 3.63) is 52.6 Å². The van der Waals surface area contributed by atoms with Gasteiger partial charge in [0.1, 0.15) is 34.3 Å². The first-order chi connectivity index (χ1) is 17.3. The fourth-order valence-corrected chi connectivity index (χ4v) is 5.57. The molecule has 3 N–H and O–H groups in total. The highest BCUT2D eigenvalue weighted by Gasteiger charge is 2.24. The monoisotopic (exact) mass is 503 g/mol. The van der Waals surface area contributed by atoms with Crippen molar-refractivity contribution in [1.29, 1.82) is 0 Å². The number of aryl methyl sites for hydroxylation is 2. The molecule has 0 atom stereocenters. The average molecular weight is 504 g/mol. The van der Waals surface area contributed by atoms with Crippen molar-refractivity contribution < 1.29 is 4.74 Å². The third-order valence-electron chi connectivity index (χ3n) is 6.49. The van der Waals surface area contributed by atoms with E-state index in [1.807, 2.05) is 6.20 Å². The van der Waals surface area contributed by atoms with E-state index in [1.54, 1.807) is 0 Å². The van der Waals surface area contributed by atoms with Gasteiger partial charge in [-0.05, 0) is 55.6 Å². The SMILES string of the molecule is CCNCc1nc(C)c(C(C)C)c(N2CCOc3c(C)cc(-c4cnc5sc(N)nc5c4)cc3C2)n1. The van der Waals surface area contributed by atoms with Crippen LogP contribution in [-0.2, 0) is 13.1 Å². The molecule has 0 spiro atoms. The molecule has 5 rings (SSSR count). The van der Waals surface area contributed by atoms with Gasteiger partial charge in [0.15, 0.2) is 5.13 Å². The summed E-state index contributed by atoms with van der Waals surface area (Å²) in [6.07, 6.45) is 1.90. The minimum absolute atomic E-state index is 0.313. The van der Waals surface area contributed by atoms with Crippen LogP contribution >= 0.6 is 11.3 Å². The van der Waals surface area contributed by atoms with Crippen molar-refractivity contribution in [1.82, 2.24) is 25.3 Å². The maximum absolute atomic E-state index is 6.28. The minimum Gasteiger partial charge on any atom is -0.491 e. The summed E-state index contributed by atoms with van der Waals surface area (Å²) in [5.74, 6) is 3.10. The van der Waals surface area contributed by atoms with Crippen molar-refractivity contribution >= 4 is 32.6 Å². The molecular formula is C27H33N7OS. The number of nitrogens with zero attached hydrogens (tertiary/aromatic N) is 5. The number of ether oxygens (including phenoxy) is 1. The number of nitrogens with one attached hydrogen (secondary N) is 1. The van der Waals surface area contributed by atoms with Gasteiger partial charge in [-0.15, -0.1) is 0 Å². The van der Waals surface area contributed by atoms with Gasteiger partial charge in [-0.3, -0.25) is 0 Å². The van der Waals surface area contributed by atoms with Gasteiger partial charge in [0.2, 0.25) is 0 Å². The van der Waals surface area contributed by atoms with E-state index in [4.69, 9.17) is 20.4 Å². The Morgan fingerprint density at radius 3 is 2.75 bits per heavy atom. The van der Waals surface area contributed by atoms with Gasteiger partial charge in [-0.25, -0.2) is 19.9 Å². The van der Waals surface area contributed by atoms with E-state index in [0.717, 1.165) is 68.8 Å². The molecule has 4 heterocycles. The molecule has 8 nitrogen and oxygen atoms in total. The third kappa shape index (κ3) is 4.73. The first kappa shape index (κ1) is 24.4. The van der Waals surface area contributed by atoms with Gasteiger partial charge in [-0.1, -0.05) is 32.1 Å². The smallest absolute Gasteiger partial charge is 0.182 e. The van der Waals surface area contributed by atoms with Crippen LogP contribution in [-0.4, -0.2) is 39.6 Å². The quantitative estimate of drug-likeness (QED) is 0.380. The molecule has 0 saturated carbocycles. The maximum atomic E-state index is 6.28. The molecule has 1 aromatic carbocycles. The van der Waals surface area contributed by atoms with Crippen LogP contribution in [0.2, 0.25) is 0 Å². The zero-order valence-electron chi connectivity index (χ0n) is 21.6. The van der Waals surface area contributed by atoms with E-state index >= 15 is 0 Å². The maximum Gasteiger partial charge on any atom is 0.182 e. The molecule has 188 valence electrons. The number of fused-ring (bicyclic) bond motifs is 2. The highest BCUT2D eigenvalue weighted by atomic mass is 32.1. The number of pyridine rings is 1. The van der Waals surface area contributed by atoms with Gasteiger partial charge in [0.25, 0.3) is 0 Å². The van der Waals surface area contributed by atoms with Crippen molar-refractivity contribution in [3.63, 3.8) is 0 Å². The van der Waals surface area contributed by atoms with Crippen LogP contribution in [0.3, 0.4) is 0 Å². The minimum atomic E-state index is 0.313. The number of thiazole rings is 1. The molecular weight excluding hydrogens is 470 g/mol. The van der Waals surface area contributed by atoms with E-state index in [1.165, 1.54) is 16.9 Å². The summed E-state index contributed by atoms with van der Waals surface area (Å²) >= 11 is 1.41. The van der Waals surface area contributed by atoms with Crippen LogP contribution in [0.1, 0.15) is 54.9 Å². The molecule has 36 heavy (non-hydrogen) atoms. The largest absolute Gasteiger partial charge is 0.491 e. The second-order valence-corrected chi connectivity index (χ2v) is 10.6. The van der Waals surface area contributed by atoms with Crippen LogP contribution in [0.25, 0.3) is 21.5 Å². The number of anilines is 2. The summed E-state index contributed by atoms with van der Waals surface area (Å²) in [7, 11) is 0. The van der Waals surface area contributed by atoms with Crippen LogP contribution in [0.15, 0.2) is 24.4 Å². The molecule has 0 radical (unpaired) electrons. The lowest BCUT2D eigenvalue weighted by atomic mass is 9.99. The lowest BCUT2D eigenvalue weighted by Gasteiger charge is -2.27. The molecule has 0 unspecified atom stereocenters. The fourth-order valence-electron chi connectivity index (χ4n) is 4.91. The van der Waals surface area contributed by atoms with E-state index in [-0.39, 0.29) is 0 Å². The number of nitrogen functional groups attached to an aromatic ring is 1. The Balaban J connectivity index is 1.55. The molecule has 1 aliphatic rings. The van der Waals surface area contributed by atoms with Crippen molar-refractivity contribution in [2.24, 2.45) is 0 Å². The van der Waals surface area contributed by atoms with Crippen molar-refractivity contribution in [2.45, 2.75) is 53.6 Å². The Morgan fingerprint density at radius 2 is 1.97 bits per heavy atom. The van der Waals surface area contributed by atoms with Gasteiger partial charge in [0, 0.05) is 35.1 Å². The predicted octanol–water partition coefficient (Wildman–Crippen LogP) is 4.98. The Kier molecular flexibility index (Phi) is 6.77. The number of benzene rings is 1. The van der Waals surface area contributed by atoms with Crippen LogP contribution < -0.4 is 20.7 Å². The standard InChI is InChI=1S/C27H33N7OS/c1-6-29-13-22-31-17(5)23(15(2)3)25(33-22)34-7-8-35-24-16(4)9-18(10-20(24)14-34)19-11-21-26(30-12-19)36-27(28)32-21/h9-12,15,29H,6-8,13-14H2,1-5H3,(H2,28,32). The summed E-state index contributed by atoms with van der Waals surface area (Å²) in [5, 5.41) is 3.89. The van der Waals surface area contributed by atoms with Gasteiger partial charge < -0.3 is 20.7 Å². The highest BCUT2D eigenvalue weighted by molar-refractivity contribution is 7.21. The summed E-state index contributed by atoms with van der Waals surface area (Å²) < 4.78 is 6.28. The number of hydrogen-bond acceptors (Lipinski definition) is 9. The molecule has 3 aromatic heterocycles. The number of rotatable bonds is 6. The van der Waals surface area contributed by atoms with Crippen LogP contribution in [0.5, 0.6) is 5.75 Å². The Hall–Kier alpha value is -3.30. The van der Waals surface area contributed by atoms with Gasteiger partial charge in [0.05, 0.1) is 13.1 Å². The first-order valence-electron chi connectivity index (χ1n) is 12.5.